The number of halogens is 1. The normalized spacial score (nSPS) is 19.9. The van der Waals surface area contributed by atoms with Gasteiger partial charge in [-0.1, -0.05) is 17.7 Å². The van der Waals surface area contributed by atoms with Gasteiger partial charge >= 0.3 is 0 Å². The summed E-state index contributed by atoms with van der Waals surface area (Å²) in [6, 6.07) is 6.45. The number of ether oxygens (including phenoxy) is 3. The monoisotopic (exact) mass is 651 g/mol. The highest BCUT2D eigenvalue weighted by Gasteiger charge is 2.29. The van der Waals surface area contributed by atoms with E-state index in [0.29, 0.717) is 40.9 Å². The lowest BCUT2D eigenvalue weighted by Crippen LogP contribution is -2.45. The molecule has 0 spiro atoms. The lowest BCUT2D eigenvalue weighted by molar-refractivity contribution is 0.00492. The van der Waals surface area contributed by atoms with Gasteiger partial charge in [0.1, 0.15) is 36.8 Å². The van der Waals surface area contributed by atoms with Crippen molar-refractivity contribution in [2.75, 3.05) is 38.2 Å². The maximum atomic E-state index is 10.3. The number of hydrogen-bond acceptors (Lipinski definition) is 11. The molecule has 1 saturated carbocycles. The minimum absolute atomic E-state index is 0.0979. The third kappa shape index (κ3) is 8.32. The van der Waals surface area contributed by atoms with Crippen molar-refractivity contribution in [3.8, 4) is 22.8 Å². The molecule has 246 valence electrons. The van der Waals surface area contributed by atoms with Crippen LogP contribution in [0.15, 0.2) is 49.4 Å². The van der Waals surface area contributed by atoms with Crippen molar-refractivity contribution >= 4 is 23.2 Å². The summed E-state index contributed by atoms with van der Waals surface area (Å²) in [6.45, 7) is 9.66. The number of morpholine rings is 1. The maximum absolute atomic E-state index is 10.3. The summed E-state index contributed by atoms with van der Waals surface area (Å²) in [5.41, 5.74) is 1.32. The van der Waals surface area contributed by atoms with Crippen molar-refractivity contribution in [2.45, 2.75) is 76.8 Å². The van der Waals surface area contributed by atoms with E-state index in [2.05, 4.69) is 30.3 Å². The van der Waals surface area contributed by atoms with E-state index in [9.17, 15) is 5.11 Å². The van der Waals surface area contributed by atoms with E-state index in [1.807, 2.05) is 29.9 Å². The molecule has 1 aliphatic heterocycles. The Morgan fingerprint density at radius 1 is 1.09 bits per heavy atom. The van der Waals surface area contributed by atoms with Gasteiger partial charge in [-0.05, 0) is 64.2 Å². The van der Waals surface area contributed by atoms with Gasteiger partial charge in [0.2, 0.25) is 5.95 Å². The van der Waals surface area contributed by atoms with Gasteiger partial charge in [0.05, 0.1) is 42.6 Å². The predicted octanol–water partition coefficient (Wildman–Crippen LogP) is 4.76. The molecule has 0 unspecified atom stereocenters. The molecule has 2 fully saturated rings. The second-order valence-corrected chi connectivity index (χ2v) is 13.1. The van der Waals surface area contributed by atoms with E-state index in [0.717, 1.165) is 63.1 Å². The Labute approximate surface area is 273 Å². The molecule has 4 aromatic rings. The highest BCUT2D eigenvalue weighted by atomic mass is 35.5. The van der Waals surface area contributed by atoms with E-state index in [4.69, 9.17) is 30.9 Å². The molecule has 2 N–H and O–H groups in total. The molecular weight excluding hydrogens is 610 g/mol. The largest absolute Gasteiger partial charge is 0.487 e. The molecule has 0 radical (unpaired) electrons. The second kappa shape index (κ2) is 14.3. The zero-order valence-corrected chi connectivity index (χ0v) is 27.3. The fourth-order valence-corrected chi connectivity index (χ4v) is 6.07. The van der Waals surface area contributed by atoms with Gasteiger partial charge in [-0.15, -0.1) is 5.10 Å². The van der Waals surface area contributed by atoms with Crippen molar-refractivity contribution < 1.29 is 19.3 Å². The second-order valence-electron chi connectivity index (χ2n) is 12.7. The number of aromatic nitrogens is 7. The Hall–Kier alpha value is -3.78. The van der Waals surface area contributed by atoms with Crippen molar-refractivity contribution in [2.24, 2.45) is 0 Å². The molecular formula is C32H42ClN9O4. The average Bonchev–Trinajstić information content (AvgIpc) is 3.72. The van der Waals surface area contributed by atoms with Gasteiger partial charge in [-0.3, -0.25) is 9.58 Å². The topological polar surface area (TPSA) is 138 Å². The van der Waals surface area contributed by atoms with E-state index < -0.39 is 5.60 Å². The van der Waals surface area contributed by atoms with Crippen LogP contribution in [-0.2, 0) is 11.3 Å². The number of rotatable bonds is 12. The van der Waals surface area contributed by atoms with E-state index in [-0.39, 0.29) is 18.8 Å². The zero-order chi connectivity index (χ0) is 32.1. The van der Waals surface area contributed by atoms with Crippen molar-refractivity contribution in [3.05, 3.63) is 54.5 Å². The van der Waals surface area contributed by atoms with Crippen LogP contribution in [0.25, 0.3) is 11.1 Å². The van der Waals surface area contributed by atoms with Gasteiger partial charge in [0.15, 0.2) is 0 Å². The summed E-state index contributed by atoms with van der Waals surface area (Å²) in [6.07, 6.45) is 12.7. The first kappa shape index (κ1) is 32.2. The standard InChI is InChI=1S/C32H42ClN9O4/c1-22(17-41-21-34-20-37-41)46-29-14-23(4-9-27(29)33)24-15-35-31(36-16-24)38-28-18-42(39-30(28)45-19-32(2,3)43)26-7-5-25(6-8-26)40-10-12-44-13-11-40/h4,9,14-16,18,20-22,25-26,43H,5-8,10-13,17,19H2,1-3H3,(H,35,36,38)/t22-,25?,26?/m0/s1. The Morgan fingerprint density at radius 3 is 2.52 bits per heavy atom. The van der Waals surface area contributed by atoms with Crippen LogP contribution in [0.4, 0.5) is 11.6 Å². The van der Waals surface area contributed by atoms with Gasteiger partial charge < -0.3 is 24.6 Å². The van der Waals surface area contributed by atoms with Crippen molar-refractivity contribution in [1.82, 2.24) is 39.4 Å². The SMILES string of the molecule is C[C@@H](Cn1cncn1)Oc1cc(-c2cnc(Nc3cn(C4CCC(N5CCOCC5)CC4)nc3OCC(C)(C)O)nc2)ccc1Cl. The van der Waals surface area contributed by atoms with Crippen LogP contribution < -0.4 is 14.8 Å². The Bertz CT molecular complexity index is 1540. The minimum Gasteiger partial charge on any atom is -0.487 e. The van der Waals surface area contributed by atoms with Gasteiger partial charge in [-0.25, -0.2) is 19.6 Å². The summed E-state index contributed by atoms with van der Waals surface area (Å²) >= 11 is 6.45. The fraction of sp³-hybridized carbons (Fsp3) is 0.531. The maximum Gasteiger partial charge on any atom is 0.257 e. The van der Waals surface area contributed by atoms with Crippen LogP contribution in [0.2, 0.25) is 5.02 Å². The molecule has 14 heteroatoms. The molecule has 3 aromatic heterocycles. The highest BCUT2D eigenvalue weighted by molar-refractivity contribution is 6.32. The molecule has 4 heterocycles. The first-order valence-corrected chi connectivity index (χ1v) is 16.2. The number of benzene rings is 1. The number of anilines is 2. The number of nitrogens with one attached hydrogen (secondary N) is 1. The Balaban J connectivity index is 1.13. The quantitative estimate of drug-likeness (QED) is 0.219. The van der Waals surface area contributed by atoms with Gasteiger partial charge in [0, 0.05) is 37.1 Å². The molecule has 1 aromatic carbocycles. The molecule has 46 heavy (non-hydrogen) atoms. The number of nitrogens with zero attached hydrogens (tertiary/aromatic N) is 8. The van der Waals surface area contributed by atoms with Crippen LogP contribution in [0.3, 0.4) is 0 Å². The smallest absolute Gasteiger partial charge is 0.257 e. The lowest BCUT2D eigenvalue weighted by Gasteiger charge is -2.38. The summed E-state index contributed by atoms with van der Waals surface area (Å²) in [5.74, 6) is 1.37. The molecule has 1 atom stereocenters. The number of aliphatic hydroxyl groups is 1. The third-order valence-electron chi connectivity index (χ3n) is 8.26. The van der Waals surface area contributed by atoms with Crippen LogP contribution in [0.5, 0.6) is 11.6 Å². The molecule has 1 saturated heterocycles. The first-order chi connectivity index (χ1) is 22.2. The molecule has 13 nitrogen and oxygen atoms in total. The number of hydrogen-bond donors (Lipinski definition) is 2. The molecule has 0 amide bonds. The molecule has 1 aliphatic carbocycles. The van der Waals surface area contributed by atoms with Crippen molar-refractivity contribution in [1.29, 1.82) is 0 Å². The van der Waals surface area contributed by atoms with Crippen molar-refractivity contribution in [3.63, 3.8) is 0 Å². The first-order valence-electron chi connectivity index (χ1n) is 15.8. The molecule has 6 rings (SSSR count). The Kier molecular flexibility index (Phi) is 10.0. The summed E-state index contributed by atoms with van der Waals surface area (Å²) in [5, 5.41) is 23.0. The van der Waals surface area contributed by atoms with Crippen LogP contribution >= 0.6 is 11.6 Å². The summed E-state index contributed by atoms with van der Waals surface area (Å²) in [4.78, 5) is 15.7. The van der Waals surface area contributed by atoms with E-state index in [1.165, 1.54) is 6.33 Å². The Morgan fingerprint density at radius 2 is 1.83 bits per heavy atom. The van der Waals surface area contributed by atoms with E-state index in [1.54, 1.807) is 43.3 Å². The van der Waals surface area contributed by atoms with E-state index >= 15 is 0 Å². The minimum atomic E-state index is -1.01. The zero-order valence-electron chi connectivity index (χ0n) is 26.5. The van der Waals surface area contributed by atoms with Crippen LogP contribution in [0, 0.1) is 0 Å². The van der Waals surface area contributed by atoms with Crippen LogP contribution in [0.1, 0.15) is 52.5 Å². The fourth-order valence-electron chi connectivity index (χ4n) is 5.91. The van der Waals surface area contributed by atoms with Gasteiger partial charge in [-0.2, -0.15) is 5.10 Å². The average molecular weight is 652 g/mol. The van der Waals surface area contributed by atoms with Gasteiger partial charge in [0.25, 0.3) is 5.88 Å². The third-order valence-corrected chi connectivity index (χ3v) is 8.58. The summed E-state index contributed by atoms with van der Waals surface area (Å²) < 4.78 is 21.3. The highest BCUT2D eigenvalue weighted by Crippen LogP contribution is 2.35. The molecule has 2 aliphatic rings. The van der Waals surface area contributed by atoms with Crippen LogP contribution in [-0.4, -0.2) is 95.2 Å². The summed E-state index contributed by atoms with van der Waals surface area (Å²) in [7, 11) is 0. The molecule has 0 bridgehead atoms. The predicted molar refractivity (Wildman–Crippen MR) is 174 cm³/mol. The lowest BCUT2D eigenvalue weighted by atomic mass is 9.90.